The Bertz CT molecular complexity index is 1360. The van der Waals surface area contributed by atoms with Gasteiger partial charge in [-0.3, -0.25) is 4.79 Å². The van der Waals surface area contributed by atoms with E-state index < -0.39 is 5.66 Å². The van der Waals surface area contributed by atoms with Crippen molar-refractivity contribution in [2.75, 3.05) is 19.0 Å². The van der Waals surface area contributed by atoms with E-state index in [1.807, 2.05) is 118 Å². The van der Waals surface area contributed by atoms with E-state index in [4.69, 9.17) is 4.74 Å². The first-order chi connectivity index (χ1) is 20.6. The van der Waals surface area contributed by atoms with Gasteiger partial charge in [-0.25, -0.2) is 4.98 Å². The number of carbonyl (C=O) groups is 1. The van der Waals surface area contributed by atoms with Gasteiger partial charge in [-0.15, -0.1) is 0 Å². The quantitative estimate of drug-likeness (QED) is 0.211. The van der Waals surface area contributed by atoms with Gasteiger partial charge < -0.3 is 15.0 Å². The number of rotatable bonds is 7. The summed E-state index contributed by atoms with van der Waals surface area (Å²) in [6.07, 6.45) is 0. The lowest BCUT2D eigenvalue weighted by molar-refractivity contribution is 0.0938. The zero-order chi connectivity index (χ0) is 33.2. The predicted molar refractivity (Wildman–Crippen MR) is 184 cm³/mol. The van der Waals surface area contributed by atoms with Gasteiger partial charge in [-0.1, -0.05) is 82.8 Å². The Morgan fingerprint density at radius 2 is 1.44 bits per heavy atom. The highest BCUT2D eigenvalue weighted by atomic mass is 31.0. The Balaban J connectivity index is 0.00000204. The minimum absolute atomic E-state index is 0.110. The van der Waals surface area contributed by atoms with Crippen LogP contribution in [-0.2, 0) is 5.66 Å². The Kier molecular flexibility index (Phi) is 18.7. The van der Waals surface area contributed by atoms with E-state index in [0.717, 1.165) is 22.3 Å². The second-order valence-corrected chi connectivity index (χ2v) is 9.18. The van der Waals surface area contributed by atoms with Crippen LogP contribution in [-0.4, -0.2) is 25.0 Å². The summed E-state index contributed by atoms with van der Waals surface area (Å²) in [5.74, 6) is 1.62. The van der Waals surface area contributed by atoms with Crippen LogP contribution in [0.5, 0.6) is 11.5 Å². The number of anilines is 1. The van der Waals surface area contributed by atoms with Gasteiger partial charge >= 0.3 is 0 Å². The van der Waals surface area contributed by atoms with Crippen molar-refractivity contribution >= 4 is 31.7 Å². The molecule has 0 aliphatic carbocycles. The SMILES string of the molecule is CC.CC.CC.CC.CC(NC(=O)c1ccc2c(Oc3ccc(C(F)(F)P)cc3)cccc2c1)c1cccc(N(C)C)n1. The molecule has 4 aromatic rings. The molecule has 3 aromatic carbocycles. The second-order valence-electron chi connectivity index (χ2n) is 8.45. The van der Waals surface area contributed by atoms with Crippen LogP contribution in [0, 0.1) is 0 Å². The monoisotopic (exact) mass is 613 g/mol. The first-order valence-electron chi connectivity index (χ1n) is 15.0. The number of nitrogens with zero attached hydrogens (tertiary/aromatic N) is 2. The average molecular weight is 614 g/mol. The molecule has 8 heteroatoms. The van der Waals surface area contributed by atoms with E-state index in [1.165, 1.54) is 33.5 Å². The Morgan fingerprint density at radius 3 is 2.00 bits per heavy atom. The molecular formula is C35H50F2N3O2P. The van der Waals surface area contributed by atoms with Gasteiger partial charge in [0.2, 0.25) is 0 Å². The van der Waals surface area contributed by atoms with Crippen LogP contribution in [0.3, 0.4) is 0 Å². The van der Waals surface area contributed by atoms with Crippen LogP contribution >= 0.6 is 9.24 Å². The predicted octanol–water partition coefficient (Wildman–Crippen LogP) is 10.6. The number of hydrogen-bond donors (Lipinski definition) is 1. The lowest BCUT2D eigenvalue weighted by Crippen LogP contribution is -2.27. The van der Waals surface area contributed by atoms with E-state index >= 15 is 0 Å². The molecule has 2 unspecified atom stereocenters. The summed E-state index contributed by atoms with van der Waals surface area (Å²) in [5, 5.41) is 4.63. The summed E-state index contributed by atoms with van der Waals surface area (Å²) < 4.78 is 32.8. The molecule has 0 saturated heterocycles. The number of benzene rings is 3. The Hall–Kier alpha value is -3.57. The van der Waals surface area contributed by atoms with Gasteiger partial charge in [-0.2, -0.15) is 8.78 Å². The number of carbonyl (C=O) groups excluding carboxylic acids is 1. The van der Waals surface area contributed by atoms with Gasteiger partial charge in [0.25, 0.3) is 11.6 Å². The van der Waals surface area contributed by atoms with Crippen LogP contribution in [0.25, 0.3) is 10.8 Å². The average Bonchev–Trinajstić information content (AvgIpc) is 3.04. The third-order valence-corrected chi connectivity index (χ3v) is 5.91. The summed E-state index contributed by atoms with van der Waals surface area (Å²) >= 11 is 0. The number of hydrogen-bond acceptors (Lipinski definition) is 4. The molecular weight excluding hydrogens is 563 g/mol. The molecule has 4 rings (SSSR count). The number of fused-ring (bicyclic) bond motifs is 1. The molecule has 0 saturated carbocycles. The molecule has 236 valence electrons. The zero-order valence-corrected chi connectivity index (χ0v) is 28.8. The molecule has 2 atom stereocenters. The number of ether oxygens (including phenoxy) is 1. The third kappa shape index (κ3) is 11.9. The van der Waals surface area contributed by atoms with Crippen molar-refractivity contribution in [3.8, 4) is 11.5 Å². The van der Waals surface area contributed by atoms with Crippen LogP contribution in [0.4, 0.5) is 14.6 Å². The number of halogens is 2. The fourth-order valence-electron chi connectivity index (χ4n) is 3.64. The molecule has 0 spiro atoms. The maximum Gasteiger partial charge on any atom is 0.283 e. The normalized spacial score (nSPS) is 10.6. The first kappa shape index (κ1) is 39.4. The van der Waals surface area contributed by atoms with Gasteiger partial charge in [0, 0.05) is 30.6 Å². The maximum atomic E-state index is 13.4. The van der Waals surface area contributed by atoms with Crippen molar-refractivity contribution < 1.29 is 18.3 Å². The van der Waals surface area contributed by atoms with Gasteiger partial charge in [-0.05, 0) is 73.0 Å². The summed E-state index contributed by atoms with van der Waals surface area (Å²) in [6.45, 7) is 17.9. The molecule has 0 aliphatic heterocycles. The third-order valence-electron chi connectivity index (χ3n) is 5.57. The summed E-state index contributed by atoms with van der Waals surface area (Å²) in [7, 11) is 5.36. The van der Waals surface area contributed by atoms with Crippen molar-refractivity contribution in [2.45, 2.75) is 74.0 Å². The van der Waals surface area contributed by atoms with E-state index in [2.05, 4.69) is 10.3 Å². The standard InChI is InChI=1S/C27H26F2N3O2P.4C2H6/c1-17(23-7-5-9-25(31-23)32(2)3)30-26(33)19-10-15-22-18(16-19)6-4-8-24(22)34-21-13-11-20(12-14-21)27(28,29)35;4*1-2/h4-17H,35H2,1-3H3,(H,30,33);4*1-2H3. The second kappa shape index (κ2) is 20.4. The van der Waals surface area contributed by atoms with E-state index in [-0.39, 0.29) is 17.5 Å². The highest BCUT2D eigenvalue weighted by molar-refractivity contribution is 7.17. The van der Waals surface area contributed by atoms with E-state index in [1.54, 1.807) is 18.2 Å². The zero-order valence-electron chi connectivity index (χ0n) is 27.6. The number of amides is 1. The highest BCUT2D eigenvalue weighted by Gasteiger charge is 2.24. The van der Waals surface area contributed by atoms with Crippen molar-refractivity contribution in [3.63, 3.8) is 0 Å². The number of nitrogens with one attached hydrogen (secondary N) is 1. The largest absolute Gasteiger partial charge is 0.457 e. The fraction of sp³-hybridized carbons (Fsp3) is 0.371. The highest BCUT2D eigenvalue weighted by Crippen LogP contribution is 2.36. The van der Waals surface area contributed by atoms with E-state index in [0.29, 0.717) is 17.1 Å². The smallest absolute Gasteiger partial charge is 0.283 e. The first-order valence-corrected chi connectivity index (χ1v) is 15.6. The van der Waals surface area contributed by atoms with Crippen molar-refractivity contribution in [1.29, 1.82) is 0 Å². The molecule has 0 bridgehead atoms. The topological polar surface area (TPSA) is 54.5 Å². The van der Waals surface area contributed by atoms with Crippen molar-refractivity contribution in [2.24, 2.45) is 0 Å². The lowest BCUT2D eigenvalue weighted by Gasteiger charge is -2.17. The molecule has 1 aromatic heterocycles. The Labute approximate surface area is 260 Å². The molecule has 5 nitrogen and oxygen atoms in total. The lowest BCUT2D eigenvalue weighted by atomic mass is 10.1. The minimum atomic E-state index is -2.99. The minimum Gasteiger partial charge on any atom is -0.457 e. The number of alkyl halides is 2. The van der Waals surface area contributed by atoms with Gasteiger partial charge in [0.05, 0.1) is 11.7 Å². The number of pyridine rings is 1. The van der Waals surface area contributed by atoms with Crippen LogP contribution in [0.1, 0.15) is 90.0 Å². The van der Waals surface area contributed by atoms with Gasteiger partial charge in [0.1, 0.15) is 17.3 Å². The van der Waals surface area contributed by atoms with Crippen molar-refractivity contribution in [1.82, 2.24) is 10.3 Å². The van der Waals surface area contributed by atoms with Gasteiger partial charge in [0.15, 0.2) is 0 Å². The molecule has 0 aliphatic rings. The summed E-state index contributed by atoms with van der Waals surface area (Å²) in [5.41, 5.74) is -1.82. The van der Waals surface area contributed by atoms with Crippen LogP contribution < -0.4 is 15.0 Å². The molecule has 1 N–H and O–H groups in total. The summed E-state index contributed by atoms with van der Waals surface area (Å²) in [6, 6.07) is 22.0. The molecule has 0 fully saturated rings. The number of aromatic nitrogens is 1. The maximum absolute atomic E-state index is 13.4. The van der Waals surface area contributed by atoms with Crippen molar-refractivity contribution in [3.05, 3.63) is 95.7 Å². The van der Waals surface area contributed by atoms with E-state index in [9.17, 15) is 13.6 Å². The molecule has 1 heterocycles. The molecule has 1 amide bonds. The Morgan fingerprint density at radius 1 is 0.860 bits per heavy atom. The molecule has 0 radical (unpaired) electrons. The fourth-order valence-corrected chi connectivity index (χ4v) is 3.83. The molecule has 43 heavy (non-hydrogen) atoms. The van der Waals surface area contributed by atoms with Crippen LogP contribution in [0.15, 0.2) is 78.9 Å². The summed E-state index contributed by atoms with van der Waals surface area (Å²) in [4.78, 5) is 19.4. The van der Waals surface area contributed by atoms with Crippen LogP contribution in [0.2, 0.25) is 0 Å².